The molecule has 1 aromatic heterocycles. The van der Waals surface area contributed by atoms with E-state index in [0.717, 1.165) is 36.9 Å². The number of aliphatic hydroxyl groups excluding tert-OH is 2. The summed E-state index contributed by atoms with van der Waals surface area (Å²) < 4.78 is 0. The molecule has 3 nitrogen and oxygen atoms in total. The van der Waals surface area contributed by atoms with E-state index >= 15 is 0 Å². The third-order valence-corrected chi connectivity index (χ3v) is 10.1. The number of aryl methyl sites for hydroxylation is 1. The Kier molecular flexibility index (Phi) is 13.2. The Bertz CT molecular complexity index is 1440. The number of fused-ring (bicyclic) bond motifs is 3. The van der Waals surface area contributed by atoms with Gasteiger partial charge in [0.1, 0.15) is 0 Å². The van der Waals surface area contributed by atoms with Crippen molar-refractivity contribution in [3.05, 3.63) is 78.0 Å². The van der Waals surface area contributed by atoms with Gasteiger partial charge in [-0.25, -0.2) is 0 Å². The predicted octanol–water partition coefficient (Wildman–Crippen LogP) is 10.2. The zero-order valence-electron chi connectivity index (χ0n) is 28.1. The molecule has 2 atom stereocenters. The van der Waals surface area contributed by atoms with Crippen molar-refractivity contribution < 1.29 is 30.3 Å². The van der Waals surface area contributed by atoms with Gasteiger partial charge in [0.2, 0.25) is 0 Å². The quantitative estimate of drug-likeness (QED) is 0.132. The summed E-state index contributed by atoms with van der Waals surface area (Å²) in [5, 5.41) is 25.7. The topological polar surface area (TPSA) is 53.4 Å². The molecule has 237 valence electrons. The summed E-state index contributed by atoms with van der Waals surface area (Å²) in [5.41, 5.74) is 4.63. The van der Waals surface area contributed by atoms with Gasteiger partial charge in [-0.15, -0.1) is 29.1 Å². The molecule has 3 aromatic carbocycles. The molecule has 0 saturated heterocycles. The zero-order valence-corrected chi connectivity index (χ0v) is 30.5. The third kappa shape index (κ3) is 8.76. The summed E-state index contributed by atoms with van der Waals surface area (Å²) in [4.78, 5) is 4.49. The van der Waals surface area contributed by atoms with Crippen molar-refractivity contribution in [3.8, 4) is 11.3 Å². The van der Waals surface area contributed by atoms with E-state index in [4.69, 9.17) is 0 Å². The van der Waals surface area contributed by atoms with Crippen molar-refractivity contribution in [2.24, 2.45) is 10.8 Å². The molecule has 0 aliphatic rings. The normalized spacial score (nSPS) is 13.7. The van der Waals surface area contributed by atoms with E-state index in [1.54, 1.807) is 0 Å². The van der Waals surface area contributed by atoms with Crippen LogP contribution in [0.1, 0.15) is 106 Å². The molecule has 0 spiro atoms. The molecule has 0 fully saturated rings. The van der Waals surface area contributed by atoms with Gasteiger partial charge in [-0.05, 0) is 71.6 Å². The molecule has 4 heteroatoms. The van der Waals surface area contributed by atoms with Gasteiger partial charge in [0.15, 0.2) is 0 Å². The van der Waals surface area contributed by atoms with Crippen molar-refractivity contribution in [2.75, 3.05) is 0 Å². The van der Waals surface area contributed by atoms with Gasteiger partial charge in [-0.1, -0.05) is 115 Å². The zero-order chi connectivity index (χ0) is 31.3. The minimum Gasteiger partial charge on any atom is -0.392 e. The van der Waals surface area contributed by atoms with E-state index in [2.05, 4.69) is 129 Å². The number of aliphatic hydroxyl groups is 2. The molecule has 43 heavy (non-hydrogen) atoms. The Balaban J connectivity index is 0.000000318. The number of hydrogen-bond donors (Lipinski definition) is 2. The number of pyridine rings is 1. The molecule has 0 amide bonds. The summed E-state index contributed by atoms with van der Waals surface area (Å²) >= 11 is 0. The van der Waals surface area contributed by atoms with Crippen LogP contribution in [0.4, 0.5) is 0 Å². The van der Waals surface area contributed by atoms with E-state index in [1.165, 1.54) is 32.7 Å². The number of rotatable bonds is 9. The van der Waals surface area contributed by atoms with Crippen LogP contribution in [-0.2, 0) is 25.5 Å². The first-order valence-electron chi connectivity index (χ1n) is 15.9. The molecular formula is C39H54IrNO2-. The Labute approximate surface area is 274 Å². The Morgan fingerprint density at radius 2 is 1.26 bits per heavy atom. The van der Waals surface area contributed by atoms with Gasteiger partial charge in [-0.2, -0.15) is 0 Å². The summed E-state index contributed by atoms with van der Waals surface area (Å²) in [6.07, 6.45) is 5.33. The molecule has 2 unspecified atom stereocenters. The molecule has 2 N–H and O–H groups in total. The average Bonchev–Trinajstić information content (AvgIpc) is 2.99. The van der Waals surface area contributed by atoms with E-state index in [-0.39, 0.29) is 36.4 Å². The molecule has 4 rings (SSSR count). The van der Waals surface area contributed by atoms with Gasteiger partial charge in [0.05, 0.1) is 12.2 Å². The van der Waals surface area contributed by atoms with Crippen molar-refractivity contribution in [3.63, 3.8) is 0 Å². The largest absolute Gasteiger partial charge is 0.392 e. The van der Waals surface area contributed by atoms with Crippen LogP contribution in [0.25, 0.3) is 32.8 Å². The second-order valence-corrected chi connectivity index (χ2v) is 13.8. The fraction of sp³-hybridized carbons (Fsp3) is 0.513. The van der Waals surface area contributed by atoms with Gasteiger partial charge in [0, 0.05) is 32.7 Å². The first-order valence-corrected chi connectivity index (χ1v) is 15.9. The maximum atomic E-state index is 10.3. The minimum atomic E-state index is -0.412. The molecule has 0 aliphatic heterocycles. The molecule has 0 bridgehead atoms. The fourth-order valence-corrected chi connectivity index (χ4v) is 5.53. The van der Waals surface area contributed by atoms with Gasteiger partial charge >= 0.3 is 0 Å². The maximum absolute atomic E-state index is 10.3. The first kappa shape index (κ1) is 37.1. The molecule has 0 aliphatic carbocycles. The van der Waals surface area contributed by atoms with Crippen LogP contribution in [0.3, 0.4) is 0 Å². The van der Waals surface area contributed by atoms with Crippen LogP contribution in [0.15, 0.2) is 60.8 Å². The molecular weight excluding hydrogens is 707 g/mol. The van der Waals surface area contributed by atoms with Crippen LogP contribution in [0.2, 0.25) is 0 Å². The molecule has 1 heterocycles. The Hall–Kier alpha value is -2.10. The van der Waals surface area contributed by atoms with Crippen molar-refractivity contribution >= 4 is 21.5 Å². The number of benzene rings is 3. The molecule has 1 radical (unpaired) electrons. The minimum absolute atomic E-state index is 0. The summed E-state index contributed by atoms with van der Waals surface area (Å²) in [7, 11) is 0. The van der Waals surface area contributed by atoms with E-state index < -0.39 is 12.2 Å². The Morgan fingerprint density at radius 3 is 1.74 bits per heavy atom. The summed E-state index contributed by atoms with van der Waals surface area (Å²) in [5.74, 6) is 0. The van der Waals surface area contributed by atoms with Gasteiger partial charge in [0.25, 0.3) is 0 Å². The number of hydrogen-bond acceptors (Lipinski definition) is 3. The number of aromatic nitrogens is 1. The van der Waals surface area contributed by atoms with E-state index in [9.17, 15) is 10.2 Å². The van der Waals surface area contributed by atoms with Crippen LogP contribution in [-0.4, -0.2) is 27.4 Å². The van der Waals surface area contributed by atoms with Gasteiger partial charge < -0.3 is 15.2 Å². The maximum Gasteiger partial charge on any atom is 0.0618 e. The van der Waals surface area contributed by atoms with Crippen LogP contribution < -0.4 is 0 Å². The van der Waals surface area contributed by atoms with Gasteiger partial charge in [-0.3, -0.25) is 0 Å². The summed E-state index contributed by atoms with van der Waals surface area (Å²) in [6, 6.07) is 23.1. The predicted molar refractivity (Wildman–Crippen MR) is 181 cm³/mol. The molecule has 0 saturated carbocycles. The second kappa shape index (κ2) is 15.3. The van der Waals surface area contributed by atoms with E-state index in [0.29, 0.717) is 6.42 Å². The van der Waals surface area contributed by atoms with Crippen molar-refractivity contribution in [1.29, 1.82) is 0 Å². The van der Waals surface area contributed by atoms with Crippen molar-refractivity contribution in [1.82, 2.24) is 4.98 Å². The van der Waals surface area contributed by atoms with Crippen LogP contribution in [0, 0.1) is 23.8 Å². The SMILES string of the molecule is CCC(C)(CC)C(O)CC(O)C(C)(CC)CC.Cc1ccnc(-c2[c-]cc3c(ccc4cc(C(C)(C)C)ccc43)c2)c1.[Ir]. The van der Waals surface area contributed by atoms with E-state index in [1.807, 2.05) is 12.3 Å². The van der Waals surface area contributed by atoms with Crippen LogP contribution >= 0.6 is 0 Å². The first-order chi connectivity index (χ1) is 19.7. The second-order valence-electron chi connectivity index (χ2n) is 13.8. The number of nitrogens with zero attached hydrogens (tertiary/aromatic N) is 1. The standard InChI is InChI=1S/C24H22N.C15H32O2.Ir/c1-16-11-12-25-23(13-16)19-7-9-21-17(14-19)5-6-18-15-20(24(2,3)4)8-10-22(18)21;1-7-14(5,8-2)12(16)11-13(17)15(6,9-3)10-4;/h5-6,8-15H,1-4H3;12-13,16-17H,7-11H2,1-6H3;/q-1;;. The van der Waals surface area contributed by atoms with Crippen LogP contribution in [0.5, 0.6) is 0 Å². The summed E-state index contributed by atoms with van der Waals surface area (Å²) in [6.45, 7) is 21.5. The third-order valence-electron chi connectivity index (χ3n) is 10.1. The Morgan fingerprint density at radius 1 is 0.721 bits per heavy atom. The molecule has 4 aromatic rings. The fourth-order valence-electron chi connectivity index (χ4n) is 5.53. The average molecular weight is 761 g/mol. The monoisotopic (exact) mass is 761 g/mol. The van der Waals surface area contributed by atoms with Crippen molar-refractivity contribution in [2.45, 2.75) is 119 Å². The smallest absolute Gasteiger partial charge is 0.0618 e.